The first-order valence-electron chi connectivity index (χ1n) is 8.44. The molecular formula is C19H24N4O. The minimum atomic E-state index is 0.0186. The van der Waals surface area contributed by atoms with E-state index >= 15 is 0 Å². The van der Waals surface area contributed by atoms with Crippen molar-refractivity contribution < 1.29 is 4.79 Å². The van der Waals surface area contributed by atoms with Gasteiger partial charge in [0.25, 0.3) is 0 Å². The van der Waals surface area contributed by atoms with Gasteiger partial charge in [-0.05, 0) is 42.5 Å². The molecule has 1 aromatic heterocycles. The molecule has 5 heteroatoms. The number of hydrogen-bond donors (Lipinski definition) is 2. The number of aromatic nitrogens is 1. The number of hydrogen-bond acceptors (Lipinski definition) is 4. The molecule has 0 radical (unpaired) electrons. The van der Waals surface area contributed by atoms with Gasteiger partial charge in [-0.15, -0.1) is 0 Å². The summed E-state index contributed by atoms with van der Waals surface area (Å²) < 4.78 is 0. The number of rotatable bonds is 8. The molecule has 1 amide bonds. The van der Waals surface area contributed by atoms with Crippen molar-refractivity contribution in [2.45, 2.75) is 25.4 Å². The van der Waals surface area contributed by atoms with E-state index in [1.165, 1.54) is 12.8 Å². The number of benzene rings is 1. The number of nitrogens with zero attached hydrogens (tertiary/aromatic N) is 2. The van der Waals surface area contributed by atoms with Gasteiger partial charge in [-0.25, -0.2) is 0 Å². The van der Waals surface area contributed by atoms with E-state index in [1.807, 2.05) is 48.7 Å². The average Bonchev–Trinajstić information content (AvgIpc) is 3.46. The van der Waals surface area contributed by atoms with Gasteiger partial charge in [0.2, 0.25) is 5.91 Å². The number of anilines is 1. The van der Waals surface area contributed by atoms with Crippen molar-refractivity contribution >= 4 is 11.6 Å². The lowest BCUT2D eigenvalue weighted by Crippen LogP contribution is -2.46. The van der Waals surface area contributed by atoms with Gasteiger partial charge in [0.1, 0.15) is 0 Å². The highest BCUT2D eigenvalue weighted by atomic mass is 16.2. The summed E-state index contributed by atoms with van der Waals surface area (Å²) in [4.78, 5) is 18.7. The predicted octanol–water partition coefficient (Wildman–Crippen LogP) is 1.94. The van der Waals surface area contributed by atoms with Crippen LogP contribution in [0.1, 0.15) is 18.4 Å². The first-order valence-corrected chi connectivity index (χ1v) is 8.44. The highest BCUT2D eigenvalue weighted by Gasteiger charge is 2.31. The highest BCUT2D eigenvalue weighted by Crippen LogP contribution is 2.32. The topological polar surface area (TPSA) is 71.2 Å². The third kappa shape index (κ3) is 4.55. The number of nitrogens with one attached hydrogen (secondary N) is 1. The standard InChI is InChI=1S/C19H24N4O/c20-11-18(16-8-9-16)22-19(24)14-23(17-6-2-1-3-7-17)13-15-5-4-10-21-12-15/h1-7,10,12,16,18H,8-9,11,13-14,20H2,(H,22,24). The van der Waals surface area contributed by atoms with E-state index in [-0.39, 0.29) is 11.9 Å². The number of amides is 1. The summed E-state index contributed by atoms with van der Waals surface area (Å²) in [6.45, 7) is 1.45. The Kier molecular flexibility index (Phi) is 5.43. The Morgan fingerprint density at radius 3 is 2.67 bits per heavy atom. The Hall–Kier alpha value is -2.40. The van der Waals surface area contributed by atoms with Gasteiger partial charge in [0.15, 0.2) is 0 Å². The number of carbonyl (C=O) groups is 1. The Morgan fingerprint density at radius 2 is 2.04 bits per heavy atom. The second-order valence-corrected chi connectivity index (χ2v) is 6.30. The Labute approximate surface area is 142 Å². The molecule has 0 aliphatic heterocycles. The van der Waals surface area contributed by atoms with Gasteiger partial charge in [-0.3, -0.25) is 9.78 Å². The third-order valence-electron chi connectivity index (χ3n) is 4.34. The molecule has 0 bridgehead atoms. The van der Waals surface area contributed by atoms with Crippen molar-refractivity contribution in [3.05, 3.63) is 60.4 Å². The van der Waals surface area contributed by atoms with Crippen LogP contribution in [0.15, 0.2) is 54.9 Å². The van der Waals surface area contributed by atoms with Crippen molar-refractivity contribution in [3.63, 3.8) is 0 Å². The second kappa shape index (κ2) is 7.93. The van der Waals surface area contributed by atoms with Crippen molar-refractivity contribution in [1.82, 2.24) is 10.3 Å². The minimum absolute atomic E-state index is 0.0186. The summed E-state index contributed by atoms with van der Waals surface area (Å²) in [6.07, 6.45) is 5.92. The monoisotopic (exact) mass is 324 g/mol. The predicted molar refractivity (Wildman–Crippen MR) is 95.4 cm³/mol. The molecule has 3 N–H and O–H groups in total. The van der Waals surface area contributed by atoms with Crippen LogP contribution >= 0.6 is 0 Å². The van der Waals surface area contributed by atoms with Gasteiger partial charge < -0.3 is 16.0 Å². The number of para-hydroxylation sites is 1. The van der Waals surface area contributed by atoms with Gasteiger partial charge in [0, 0.05) is 37.2 Å². The molecule has 1 heterocycles. The van der Waals surface area contributed by atoms with E-state index < -0.39 is 0 Å². The minimum Gasteiger partial charge on any atom is -0.358 e. The van der Waals surface area contributed by atoms with Gasteiger partial charge in [0.05, 0.1) is 6.54 Å². The fraction of sp³-hybridized carbons (Fsp3) is 0.368. The quantitative estimate of drug-likeness (QED) is 0.778. The molecule has 5 nitrogen and oxygen atoms in total. The van der Waals surface area contributed by atoms with E-state index in [4.69, 9.17) is 5.73 Å². The van der Waals surface area contributed by atoms with Gasteiger partial charge >= 0.3 is 0 Å². The van der Waals surface area contributed by atoms with Crippen LogP contribution in [0.4, 0.5) is 5.69 Å². The van der Waals surface area contributed by atoms with Gasteiger partial charge in [-0.2, -0.15) is 0 Å². The Morgan fingerprint density at radius 1 is 1.25 bits per heavy atom. The number of nitrogens with two attached hydrogens (primary N) is 1. The fourth-order valence-electron chi connectivity index (χ4n) is 2.88. The lowest BCUT2D eigenvalue weighted by molar-refractivity contribution is -0.120. The molecule has 0 saturated heterocycles. The molecule has 1 aliphatic carbocycles. The largest absolute Gasteiger partial charge is 0.358 e. The maximum Gasteiger partial charge on any atom is 0.239 e. The lowest BCUT2D eigenvalue weighted by Gasteiger charge is -2.26. The summed E-state index contributed by atoms with van der Waals surface area (Å²) >= 11 is 0. The van der Waals surface area contributed by atoms with Gasteiger partial charge in [-0.1, -0.05) is 24.3 Å². The van der Waals surface area contributed by atoms with Crippen molar-refractivity contribution in [2.24, 2.45) is 11.7 Å². The number of pyridine rings is 1. The van der Waals surface area contributed by atoms with Crippen molar-refractivity contribution in [3.8, 4) is 0 Å². The summed E-state index contributed by atoms with van der Waals surface area (Å²) in [5.41, 5.74) is 7.89. The first kappa shape index (κ1) is 16.5. The molecule has 3 rings (SSSR count). The molecule has 1 atom stereocenters. The zero-order valence-corrected chi connectivity index (χ0v) is 13.8. The summed E-state index contributed by atoms with van der Waals surface area (Å²) in [5.74, 6) is 0.576. The summed E-state index contributed by atoms with van der Waals surface area (Å²) in [7, 11) is 0. The van der Waals surface area contributed by atoms with Crippen LogP contribution < -0.4 is 16.0 Å². The zero-order chi connectivity index (χ0) is 16.8. The average molecular weight is 324 g/mol. The third-order valence-corrected chi connectivity index (χ3v) is 4.34. The molecule has 1 saturated carbocycles. The molecule has 1 fully saturated rings. The van der Waals surface area contributed by atoms with E-state index in [2.05, 4.69) is 15.2 Å². The van der Waals surface area contributed by atoms with Crippen LogP contribution in [0.5, 0.6) is 0 Å². The molecule has 1 aromatic carbocycles. The molecule has 0 spiro atoms. The van der Waals surface area contributed by atoms with E-state index in [1.54, 1.807) is 6.20 Å². The van der Waals surface area contributed by atoms with Crippen LogP contribution in [0.2, 0.25) is 0 Å². The van der Waals surface area contributed by atoms with Crippen LogP contribution in [-0.4, -0.2) is 30.0 Å². The molecule has 126 valence electrons. The lowest BCUT2D eigenvalue weighted by atomic mass is 10.2. The highest BCUT2D eigenvalue weighted by molar-refractivity contribution is 5.81. The Bertz CT molecular complexity index is 643. The maximum absolute atomic E-state index is 12.5. The second-order valence-electron chi connectivity index (χ2n) is 6.30. The molecule has 24 heavy (non-hydrogen) atoms. The summed E-state index contributed by atoms with van der Waals surface area (Å²) in [5, 5.41) is 3.09. The smallest absolute Gasteiger partial charge is 0.239 e. The van der Waals surface area contributed by atoms with E-state index in [9.17, 15) is 4.79 Å². The van der Waals surface area contributed by atoms with Crippen LogP contribution in [0.25, 0.3) is 0 Å². The molecule has 1 unspecified atom stereocenters. The Balaban J connectivity index is 1.68. The summed E-state index contributed by atoms with van der Waals surface area (Å²) in [6, 6.07) is 14.0. The van der Waals surface area contributed by atoms with Crippen molar-refractivity contribution in [2.75, 3.05) is 18.0 Å². The van der Waals surface area contributed by atoms with Crippen LogP contribution in [0, 0.1) is 5.92 Å². The van der Waals surface area contributed by atoms with Crippen LogP contribution in [-0.2, 0) is 11.3 Å². The fourth-order valence-corrected chi connectivity index (χ4v) is 2.88. The number of carbonyl (C=O) groups excluding carboxylic acids is 1. The maximum atomic E-state index is 12.5. The van der Waals surface area contributed by atoms with Crippen LogP contribution in [0.3, 0.4) is 0 Å². The molecule has 1 aliphatic rings. The normalized spacial score (nSPS) is 14.9. The molecular weight excluding hydrogens is 300 g/mol. The van der Waals surface area contributed by atoms with Crippen molar-refractivity contribution in [1.29, 1.82) is 0 Å². The zero-order valence-electron chi connectivity index (χ0n) is 13.8. The SMILES string of the molecule is NCC(NC(=O)CN(Cc1cccnc1)c1ccccc1)C1CC1. The van der Waals surface area contributed by atoms with E-state index in [0.717, 1.165) is 11.3 Å². The van der Waals surface area contributed by atoms with E-state index in [0.29, 0.717) is 25.6 Å². The molecule has 2 aromatic rings. The first-order chi connectivity index (χ1) is 11.8.